The number of aromatic nitrogens is 7. The van der Waals surface area contributed by atoms with Crippen LogP contribution in [0.5, 0.6) is 0 Å². The number of hydrogen-bond acceptors (Lipinski definition) is 6. The van der Waals surface area contributed by atoms with Gasteiger partial charge in [-0.2, -0.15) is 17.9 Å². The minimum absolute atomic E-state index is 0.369. The van der Waals surface area contributed by atoms with Crippen LogP contribution in [0.25, 0.3) is 17.1 Å². The molecular weight excluding hydrogens is 415 g/mol. The van der Waals surface area contributed by atoms with E-state index in [1.807, 2.05) is 42.8 Å². The van der Waals surface area contributed by atoms with E-state index in [9.17, 15) is 13.2 Å². The highest BCUT2D eigenvalue weighted by molar-refractivity contribution is 7.98. The molecule has 0 unspecified atom stereocenters. The molecule has 2 aromatic carbocycles. The fourth-order valence-electron chi connectivity index (χ4n) is 2.89. The summed E-state index contributed by atoms with van der Waals surface area (Å²) >= 11 is 1.39. The average Bonchev–Trinajstić information content (AvgIpc) is 3.32. The van der Waals surface area contributed by atoms with E-state index in [-0.39, 0.29) is 0 Å². The summed E-state index contributed by atoms with van der Waals surface area (Å²) in [5, 5.41) is 20.7. The fraction of sp³-hybridized carbons (Fsp3) is 0.211. The minimum atomic E-state index is -4.39. The number of halogens is 3. The SMILES string of the molecule is Cc1cccc(-c2nnc(SCc3nnnn3-c3ccc(C(F)(F)F)cc3)n2C)c1. The zero-order valence-electron chi connectivity index (χ0n) is 16.0. The zero-order chi connectivity index (χ0) is 21.3. The Hall–Kier alpha value is -3.21. The van der Waals surface area contributed by atoms with Crippen LogP contribution in [0.2, 0.25) is 0 Å². The van der Waals surface area contributed by atoms with Crippen molar-refractivity contribution in [2.45, 2.75) is 24.0 Å². The van der Waals surface area contributed by atoms with Crippen LogP contribution in [0.1, 0.15) is 17.0 Å². The van der Waals surface area contributed by atoms with Gasteiger partial charge in [-0.15, -0.1) is 15.3 Å². The van der Waals surface area contributed by atoms with E-state index in [0.717, 1.165) is 29.1 Å². The minimum Gasteiger partial charge on any atom is -0.305 e. The van der Waals surface area contributed by atoms with Crippen LogP contribution in [-0.2, 0) is 19.0 Å². The first-order chi connectivity index (χ1) is 14.3. The summed E-state index contributed by atoms with van der Waals surface area (Å²) in [5.41, 5.74) is 1.81. The number of tetrazole rings is 1. The Labute approximate surface area is 173 Å². The molecule has 0 atom stereocenters. The first-order valence-electron chi connectivity index (χ1n) is 8.87. The topological polar surface area (TPSA) is 74.3 Å². The molecule has 0 aliphatic heterocycles. The van der Waals surface area contributed by atoms with Gasteiger partial charge in [0, 0.05) is 12.6 Å². The van der Waals surface area contributed by atoms with E-state index in [0.29, 0.717) is 22.4 Å². The summed E-state index contributed by atoms with van der Waals surface area (Å²) in [4.78, 5) is 0. The van der Waals surface area contributed by atoms with Gasteiger partial charge in [0.05, 0.1) is 17.0 Å². The number of thioether (sulfide) groups is 1. The summed E-state index contributed by atoms with van der Waals surface area (Å²) in [6.45, 7) is 2.01. The van der Waals surface area contributed by atoms with Crippen molar-refractivity contribution in [1.82, 2.24) is 35.0 Å². The monoisotopic (exact) mass is 431 g/mol. The lowest BCUT2D eigenvalue weighted by Gasteiger charge is -2.08. The highest BCUT2D eigenvalue weighted by Gasteiger charge is 2.30. The molecule has 0 aliphatic rings. The Morgan fingerprint density at radius 3 is 2.47 bits per heavy atom. The number of rotatable bonds is 5. The van der Waals surface area contributed by atoms with Gasteiger partial charge in [-0.3, -0.25) is 0 Å². The van der Waals surface area contributed by atoms with Crippen LogP contribution in [0.4, 0.5) is 13.2 Å². The predicted molar refractivity (Wildman–Crippen MR) is 105 cm³/mol. The molecule has 7 nitrogen and oxygen atoms in total. The maximum atomic E-state index is 12.8. The lowest BCUT2D eigenvalue weighted by molar-refractivity contribution is -0.137. The molecular formula is C19H16F3N7S. The maximum absolute atomic E-state index is 12.8. The molecule has 4 aromatic rings. The first-order valence-corrected chi connectivity index (χ1v) is 9.85. The molecule has 0 N–H and O–H groups in total. The lowest BCUT2D eigenvalue weighted by Crippen LogP contribution is -2.06. The fourth-order valence-corrected chi connectivity index (χ4v) is 3.71. The second kappa shape index (κ2) is 7.90. The lowest BCUT2D eigenvalue weighted by atomic mass is 10.1. The van der Waals surface area contributed by atoms with Crippen LogP contribution >= 0.6 is 11.8 Å². The van der Waals surface area contributed by atoms with Crippen molar-refractivity contribution in [1.29, 1.82) is 0 Å². The van der Waals surface area contributed by atoms with E-state index in [4.69, 9.17) is 0 Å². The molecule has 2 heterocycles. The van der Waals surface area contributed by atoms with Gasteiger partial charge >= 0.3 is 6.18 Å². The third kappa shape index (κ3) is 4.06. The van der Waals surface area contributed by atoms with Crippen molar-refractivity contribution in [2.24, 2.45) is 7.05 Å². The Kier molecular flexibility index (Phi) is 5.29. The molecule has 0 aliphatic carbocycles. The summed E-state index contributed by atoms with van der Waals surface area (Å²) in [6.07, 6.45) is -4.39. The normalized spacial score (nSPS) is 11.8. The third-order valence-electron chi connectivity index (χ3n) is 4.41. The molecule has 30 heavy (non-hydrogen) atoms. The molecule has 0 radical (unpaired) electrons. The van der Waals surface area contributed by atoms with E-state index >= 15 is 0 Å². The summed E-state index contributed by atoms with van der Waals surface area (Å²) in [6, 6.07) is 12.7. The second-order valence-corrected chi connectivity index (χ2v) is 7.52. The van der Waals surface area contributed by atoms with Crippen molar-refractivity contribution >= 4 is 11.8 Å². The van der Waals surface area contributed by atoms with Crippen molar-refractivity contribution in [3.05, 3.63) is 65.5 Å². The summed E-state index contributed by atoms with van der Waals surface area (Å²) < 4.78 is 41.6. The van der Waals surface area contributed by atoms with Crippen LogP contribution in [-0.4, -0.2) is 35.0 Å². The van der Waals surface area contributed by atoms with Crippen molar-refractivity contribution in [2.75, 3.05) is 0 Å². The van der Waals surface area contributed by atoms with Crippen molar-refractivity contribution < 1.29 is 13.2 Å². The molecule has 4 rings (SSSR count). The van der Waals surface area contributed by atoms with Crippen LogP contribution < -0.4 is 0 Å². The smallest absolute Gasteiger partial charge is 0.305 e. The number of benzene rings is 2. The Balaban J connectivity index is 1.52. The van der Waals surface area contributed by atoms with Gasteiger partial charge in [-0.05, 0) is 47.7 Å². The van der Waals surface area contributed by atoms with Gasteiger partial charge in [-0.25, -0.2) is 0 Å². The molecule has 154 valence electrons. The Bertz CT molecular complexity index is 1170. The number of alkyl halides is 3. The third-order valence-corrected chi connectivity index (χ3v) is 5.43. The molecule has 0 fully saturated rings. The average molecular weight is 431 g/mol. The van der Waals surface area contributed by atoms with E-state index < -0.39 is 11.7 Å². The highest BCUT2D eigenvalue weighted by atomic mass is 32.2. The molecule has 0 spiro atoms. The van der Waals surface area contributed by atoms with Gasteiger partial charge in [0.1, 0.15) is 0 Å². The Morgan fingerprint density at radius 2 is 1.77 bits per heavy atom. The van der Waals surface area contributed by atoms with Gasteiger partial charge in [0.25, 0.3) is 0 Å². The van der Waals surface area contributed by atoms with Crippen LogP contribution in [0.15, 0.2) is 53.7 Å². The van der Waals surface area contributed by atoms with Gasteiger partial charge < -0.3 is 4.57 Å². The molecule has 11 heteroatoms. The van der Waals surface area contributed by atoms with E-state index in [1.54, 1.807) is 0 Å². The number of nitrogens with zero attached hydrogens (tertiary/aromatic N) is 7. The molecule has 2 aromatic heterocycles. The van der Waals surface area contributed by atoms with Gasteiger partial charge in [-0.1, -0.05) is 35.5 Å². The predicted octanol–water partition coefficient (Wildman–Crippen LogP) is 4.08. The van der Waals surface area contributed by atoms with Crippen LogP contribution in [0, 0.1) is 6.92 Å². The van der Waals surface area contributed by atoms with Crippen molar-refractivity contribution in [3.8, 4) is 17.1 Å². The highest BCUT2D eigenvalue weighted by Crippen LogP contribution is 2.30. The number of aryl methyl sites for hydroxylation is 1. The molecule has 0 saturated heterocycles. The summed E-state index contributed by atoms with van der Waals surface area (Å²) in [7, 11) is 1.87. The van der Waals surface area contributed by atoms with Crippen LogP contribution in [0.3, 0.4) is 0 Å². The van der Waals surface area contributed by atoms with Gasteiger partial charge in [0.15, 0.2) is 16.8 Å². The number of hydrogen-bond donors (Lipinski definition) is 0. The van der Waals surface area contributed by atoms with E-state index in [1.165, 1.54) is 28.6 Å². The van der Waals surface area contributed by atoms with E-state index in [2.05, 4.69) is 25.7 Å². The standard InChI is InChI=1S/C19H16F3N7S/c1-12-4-3-5-13(10-12)17-24-25-18(28(17)2)30-11-16-23-26-27-29(16)15-8-6-14(7-9-15)19(20,21)22/h3-10H,11H2,1-2H3. The zero-order valence-corrected chi connectivity index (χ0v) is 16.8. The van der Waals surface area contributed by atoms with Crippen molar-refractivity contribution in [3.63, 3.8) is 0 Å². The van der Waals surface area contributed by atoms with Gasteiger partial charge in [0.2, 0.25) is 0 Å². The molecule has 0 saturated carbocycles. The maximum Gasteiger partial charge on any atom is 0.416 e. The first kappa shape index (κ1) is 20.1. The second-order valence-electron chi connectivity index (χ2n) is 6.57. The Morgan fingerprint density at radius 1 is 1.00 bits per heavy atom. The largest absolute Gasteiger partial charge is 0.416 e. The summed E-state index contributed by atoms with van der Waals surface area (Å²) in [5.74, 6) is 1.59. The molecule has 0 bridgehead atoms. The quantitative estimate of drug-likeness (QED) is 0.444. The molecule has 0 amide bonds.